The lowest BCUT2D eigenvalue weighted by Crippen LogP contribution is -2.18. The van der Waals surface area contributed by atoms with Gasteiger partial charge in [-0.25, -0.2) is 4.98 Å². The Morgan fingerprint density at radius 1 is 1.43 bits per heavy atom. The molecule has 1 atom stereocenters. The lowest BCUT2D eigenvalue weighted by atomic mass is 10.1. The Balaban J connectivity index is 2.56. The van der Waals surface area contributed by atoms with Crippen LogP contribution in [0, 0.1) is 5.92 Å². The molecule has 0 aliphatic rings. The number of hydrogen-bond acceptors (Lipinski definition) is 3. The number of pyridine rings is 1. The van der Waals surface area contributed by atoms with Crippen LogP contribution in [0.2, 0.25) is 0 Å². The van der Waals surface area contributed by atoms with Gasteiger partial charge in [-0.3, -0.25) is 0 Å². The topological polar surface area (TPSA) is 50.9 Å². The number of hydrogen-bond donors (Lipinski definition) is 2. The molecule has 0 saturated carbocycles. The Morgan fingerprint density at radius 2 is 2.14 bits per heavy atom. The molecule has 0 bridgehead atoms. The van der Waals surface area contributed by atoms with Gasteiger partial charge >= 0.3 is 0 Å². The van der Waals surface area contributed by atoms with E-state index in [4.69, 9.17) is 5.73 Å². The maximum atomic E-state index is 5.73. The minimum atomic E-state index is 0.432. The van der Waals surface area contributed by atoms with Crippen LogP contribution in [0.4, 0.5) is 11.5 Å². The Morgan fingerprint density at radius 3 is 2.71 bits per heavy atom. The quantitative estimate of drug-likeness (QED) is 0.772. The fourth-order valence-corrected chi connectivity index (χ4v) is 1.57. The highest BCUT2D eigenvalue weighted by molar-refractivity contribution is 5.61. The predicted molar refractivity (Wildman–Crippen MR) is 61.2 cm³/mol. The van der Waals surface area contributed by atoms with Gasteiger partial charge in [0.2, 0.25) is 0 Å². The van der Waals surface area contributed by atoms with E-state index in [9.17, 15) is 0 Å². The minimum absolute atomic E-state index is 0.432. The molecule has 78 valence electrons. The monoisotopic (exact) mass is 193 g/mol. The largest absolute Gasteiger partial charge is 0.382 e. The van der Waals surface area contributed by atoms with Gasteiger partial charge in [-0.2, -0.15) is 0 Å². The van der Waals surface area contributed by atoms with Gasteiger partial charge in [0.15, 0.2) is 0 Å². The second kappa shape index (κ2) is 4.84. The van der Waals surface area contributed by atoms with Crippen LogP contribution >= 0.6 is 0 Å². The van der Waals surface area contributed by atoms with Crippen molar-refractivity contribution in [1.29, 1.82) is 0 Å². The summed E-state index contributed by atoms with van der Waals surface area (Å²) in [6.45, 7) is 6.59. The lowest BCUT2D eigenvalue weighted by molar-refractivity contribution is 0.540. The van der Waals surface area contributed by atoms with Crippen molar-refractivity contribution in [3.05, 3.63) is 18.3 Å². The smallest absolute Gasteiger partial charge is 0.146 e. The maximum absolute atomic E-state index is 5.73. The van der Waals surface area contributed by atoms with Crippen LogP contribution in [0.15, 0.2) is 18.3 Å². The van der Waals surface area contributed by atoms with Crippen LogP contribution in [-0.2, 0) is 0 Å². The SMILES string of the molecule is CC(C)CC(C)Nc1cccnc1N. The highest BCUT2D eigenvalue weighted by Crippen LogP contribution is 2.17. The average Bonchev–Trinajstić information content (AvgIpc) is 2.07. The van der Waals surface area contributed by atoms with Gasteiger partial charge in [0, 0.05) is 12.2 Å². The third-order valence-corrected chi connectivity index (χ3v) is 2.07. The standard InChI is InChI=1S/C11H19N3/c1-8(2)7-9(3)14-10-5-4-6-13-11(10)12/h4-6,8-9,14H,7H2,1-3H3,(H2,12,13). The molecule has 1 rings (SSSR count). The van der Waals surface area contributed by atoms with Crippen molar-refractivity contribution < 1.29 is 0 Å². The number of rotatable bonds is 4. The van der Waals surface area contributed by atoms with Gasteiger partial charge in [-0.15, -0.1) is 0 Å². The first-order chi connectivity index (χ1) is 6.59. The van der Waals surface area contributed by atoms with E-state index >= 15 is 0 Å². The molecule has 0 spiro atoms. The average molecular weight is 193 g/mol. The molecule has 1 aromatic rings. The zero-order valence-corrected chi connectivity index (χ0v) is 9.12. The second-order valence-electron chi connectivity index (χ2n) is 4.11. The molecule has 0 radical (unpaired) electrons. The molecule has 0 amide bonds. The van der Waals surface area contributed by atoms with Crippen LogP contribution < -0.4 is 11.1 Å². The van der Waals surface area contributed by atoms with Crippen LogP contribution in [0.1, 0.15) is 27.2 Å². The summed E-state index contributed by atoms with van der Waals surface area (Å²) < 4.78 is 0. The molecule has 0 aliphatic carbocycles. The molecule has 3 nitrogen and oxygen atoms in total. The molecule has 1 heterocycles. The third kappa shape index (κ3) is 3.24. The van der Waals surface area contributed by atoms with E-state index < -0.39 is 0 Å². The van der Waals surface area contributed by atoms with E-state index in [1.54, 1.807) is 6.20 Å². The highest BCUT2D eigenvalue weighted by Gasteiger charge is 2.06. The van der Waals surface area contributed by atoms with Crippen molar-refractivity contribution in [2.45, 2.75) is 33.2 Å². The molecule has 0 aliphatic heterocycles. The minimum Gasteiger partial charge on any atom is -0.382 e. The number of nitrogens with zero attached hydrogens (tertiary/aromatic N) is 1. The number of nitrogen functional groups attached to an aromatic ring is 1. The summed E-state index contributed by atoms with van der Waals surface area (Å²) in [7, 11) is 0. The zero-order chi connectivity index (χ0) is 10.6. The fourth-order valence-electron chi connectivity index (χ4n) is 1.57. The molecule has 3 N–H and O–H groups in total. The predicted octanol–water partition coefficient (Wildman–Crippen LogP) is 2.51. The summed E-state index contributed by atoms with van der Waals surface area (Å²) in [6, 6.07) is 4.28. The van der Waals surface area contributed by atoms with E-state index in [1.807, 2.05) is 12.1 Å². The Kier molecular flexibility index (Phi) is 3.74. The molecule has 3 heteroatoms. The molecule has 14 heavy (non-hydrogen) atoms. The summed E-state index contributed by atoms with van der Waals surface area (Å²) in [5.74, 6) is 1.26. The van der Waals surface area contributed by atoms with Gasteiger partial charge in [-0.05, 0) is 31.4 Å². The number of anilines is 2. The van der Waals surface area contributed by atoms with Gasteiger partial charge in [0.05, 0.1) is 5.69 Å². The second-order valence-corrected chi connectivity index (χ2v) is 4.11. The summed E-state index contributed by atoms with van der Waals surface area (Å²) in [5, 5.41) is 3.35. The Bertz CT molecular complexity index is 284. The molecular weight excluding hydrogens is 174 g/mol. The molecular formula is C11H19N3. The first kappa shape index (κ1) is 10.8. The highest BCUT2D eigenvalue weighted by atomic mass is 15.0. The molecule has 1 aromatic heterocycles. The number of nitrogens with one attached hydrogen (secondary N) is 1. The van der Waals surface area contributed by atoms with Crippen molar-refractivity contribution in [1.82, 2.24) is 4.98 Å². The molecule has 0 saturated heterocycles. The van der Waals surface area contributed by atoms with Crippen molar-refractivity contribution in [2.75, 3.05) is 11.1 Å². The Hall–Kier alpha value is -1.25. The maximum Gasteiger partial charge on any atom is 0.146 e. The van der Waals surface area contributed by atoms with E-state index in [-0.39, 0.29) is 0 Å². The van der Waals surface area contributed by atoms with E-state index in [0.717, 1.165) is 12.1 Å². The first-order valence-corrected chi connectivity index (χ1v) is 5.06. The van der Waals surface area contributed by atoms with Crippen molar-refractivity contribution in [3.8, 4) is 0 Å². The van der Waals surface area contributed by atoms with E-state index in [2.05, 4.69) is 31.1 Å². The van der Waals surface area contributed by atoms with E-state index in [0.29, 0.717) is 17.8 Å². The summed E-state index contributed by atoms with van der Waals surface area (Å²) in [4.78, 5) is 4.03. The molecule has 0 aromatic carbocycles. The molecule has 1 unspecified atom stereocenters. The fraction of sp³-hybridized carbons (Fsp3) is 0.545. The number of nitrogens with two attached hydrogens (primary N) is 1. The number of aromatic nitrogens is 1. The van der Waals surface area contributed by atoms with Crippen molar-refractivity contribution in [2.24, 2.45) is 5.92 Å². The van der Waals surface area contributed by atoms with Crippen LogP contribution in [-0.4, -0.2) is 11.0 Å². The van der Waals surface area contributed by atoms with Crippen LogP contribution in [0.25, 0.3) is 0 Å². The van der Waals surface area contributed by atoms with Crippen LogP contribution in [0.5, 0.6) is 0 Å². The van der Waals surface area contributed by atoms with E-state index in [1.165, 1.54) is 0 Å². The summed E-state index contributed by atoms with van der Waals surface area (Å²) in [5.41, 5.74) is 6.66. The Labute approximate surface area is 85.7 Å². The first-order valence-electron chi connectivity index (χ1n) is 5.06. The van der Waals surface area contributed by atoms with Gasteiger partial charge < -0.3 is 11.1 Å². The summed E-state index contributed by atoms with van der Waals surface area (Å²) in [6.07, 6.45) is 2.84. The zero-order valence-electron chi connectivity index (χ0n) is 9.12. The van der Waals surface area contributed by atoms with Gasteiger partial charge in [0.1, 0.15) is 5.82 Å². The van der Waals surface area contributed by atoms with Gasteiger partial charge in [-0.1, -0.05) is 13.8 Å². The lowest BCUT2D eigenvalue weighted by Gasteiger charge is -2.17. The van der Waals surface area contributed by atoms with Gasteiger partial charge in [0.25, 0.3) is 0 Å². The normalized spacial score (nSPS) is 12.9. The third-order valence-electron chi connectivity index (χ3n) is 2.07. The van der Waals surface area contributed by atoms with Crippen molar-refractivity contribution >= 4 is 11.5 Å². The van der Waals surface area contributed by atoms with Crippen molar-refractivity contribution in [3.63, 3.8) is 0 Å². The summed E-state index contributed by atoms with van der Waals surface area (Å²) >= 11 is 0. The molecule has 0 fully saturated rings. The van der Waals surface area contributed by atoms with Crippen LogP contribution in [0.3, 0.4) is 0 Å².